The second kappa shape index (κ2) is 78.9. The van der Waals surface area contributed by atoms with Crippen LogP contribution in [0.5, 0.6) is 46.0 Å². The third-order valence-electron chi connectivity index (χ3n) is 17.8. The van der Waals surface area contributed by atoms with Crippen LogP contribution in [-0.2, 0) is 75.8 Å². The minimum Gasteiger partial charge on any atom is -0.496 e. The molecule has 0 heterocycles. The Morgan fingerprint density at radius 3 is 0.659 bits per heavy atom. The number of carbonyl (C=O) groups excluding carboxylic acids is 2. The number of methoxy groups -OCH3 is 7. The number of carbonyl (C=O) groups is 10. The van der Waals surface area contributed by atoms with Gasteiger partial charge in [-0.3, -0.25) is 0 Å². The van der Waals surface area contributed by atoms with Crippen molar-refractivity contribution in [1.29, 1.82) is 0 Å². The maximum Gasteiger partial charge on any atom is 0.341 e. The maximum absolute atomic E-state index is 12.0. The summed E-state index contributed by atoms with van der Waals surface area (Å²) in [7, 11) is 9.72. The van der Waals surface area contributed by atoms with Crippen molar-refractivity contribution in [3.8, 4) is 46.0 Å². The fraction of sp³-hybridized carbons (Fsp3) is 0.570. The fourth-order valence-corrected chi connectivity index (χ4v) is 11.0. The van der Waals surface area contributed by atoms with E-state index >= 15 is 0 Å². The highest BCUT2D eigenvalue weighted by Crippen LogP contribution is 2.34. The number of rotatable bonds is 75. The Hall–Kier alpha value is -11.4. The molecule has 0 aliphatic rings. The van der Waals surface area contributed by atoms with E-state index in [2.05, 4.69) is 13.8 Å². The number of carboxylic acid groups (broad SMARTS) is 8. The minimum absolute atomic E-state index is 0.0114. The number of esters is 2. The van der Waals surface area contributed by atoms with Crippen molar-refractivity contribution in [3.63, 3.8) is 0 Å². The highest BCUT2D eigenvalue weighted by molar-refractivity contribution is 6.01. The van der Waals surface area contributed by atoms with Gasteiger partial charge >= 0.3 is 59.7 Å². The molecule has 0 radical (unpaired) electrons. The minimum atomic E-state index is -1.33. The summed E-state index contributed by atoms with van der Waals surface area (Å²) < 4.78 is 126. The first-order chi connectivity index (χ1) is 65.2. The smallest absolute Gasteiger partial charge is 0.341 e. The first kappa shape index (κ1) is 122. The van der Waals surface area contributed by atoms with Gasteiger partial charge in [-0.25, -0.2) is 47.9 Å². The van der Waals surface area contributed by atoms with Crippen LogP contribution in [0.15, 0.2) is 72.8 Å². The van der Waals surface area contributed by atoms with Crippen LogP contribution < -0.4 is 37.9 Å². The monoisotopic (exact) mass is 1920 g/mol. The average molecular weight is 1930 g/mol. The fourth-order valence-electron chi connectivity index (χ4n) is 11.0. The van der Waals surface area contributed by atoms with E-state index in [1.807, 2.05) is 6.92 Å². The standard InChI is InChI=1S/C26H42O14.C21H32O6.C20H30O9.C18H26O9.C8H6O4/c1-31-3-5-33-7-9-35-11-13-37-15-17-39-23-20-24(22(26(29)30)19-21(23)25(27)28)40-18-16-38-14-12-36-10-8-34-6-4-32-2;1-3-4-5-6-7-8-9-10-11-12-13-27-19-15-18(26-2)16(20(22)23)14-17(19)21(24)25;1-5-6-26-7-8-27-9-10-28-11-12-29-18-14-17(23-2)15(19(21)24-3)13-16(18)20(22)25-4;1-3-4-24-5-6-25-7-8-26-9-10-27-16-12-15(23-2)13(17(19)20)11-14(16)18(21)22;9-7(10)5-2-1-3-6(4-5)8(11)12/h19-20H,3-18H2,1-2H3,(H,27,28)(H,29,30);14-15H,3-13H2,1-2H3,(H,22,23)(H,24,25);13-14H,5-12H2,1-4H3;11-12H,3-10H2,1-2H3,(H,19,20)(H,21,22);1-4H,(H,9,10)(H,11,12). The van der Waals surface area contributed by atoms with Gasteiger partial charge in [0.2, 0.25) is 0 Å². The van der Waals surface area contributed by atoms with E-state index in [9.17, 15) is 68.4 Å². The summed E-state index contributed by atoms with van der Waals surface area (Å²) >= 11 is 0. The Labute approximate surface area is 785 Å². The average Bonchev–Trinajstić information content (AvgIpc) is 0.721. The molecule has 0 bridgehead atoms. The molecule has 0 saturated heterocycles. The van der Waals surface area contributed by atoms with E-state index in [1.54, 1.807) is 14.2 Å². The van der Waals surface area contributed by atoms with Gasteiger partial charge in [-0.05, 0) is 61.7 Å². The zero-order valence-electron chi connectivity index (χ0n) is 78.8. The maximum atomic E-state index is 12.0. The van der Waals surface area contributed by atoms with E-state index in [0.29, 0.717) is 145 Å². The third-order valence-corrected chi connectivity index (χ3v) is 17.8. The molecule has 5 aromatic rings. The largest absolute Gasteiger partial charge is 0.496 e. The van der Waals surface area contributed by atoms with Gasteiger partial charge in [0, 0.05) is 51.7 Å². The molecule has 0 aliphatic heterocycles. The molecular weight excluding hydrogens is 1790 g/mol. The second-order valence-corrected chi connectivity index (χ2v) is 27.8. The summed E-state index contributed by atoms with van der Waals surface area (Å²) in [6.45, 7) is 18.3. The van der Waals surface area contributed by atoms with Crippen molar-refractivity contribution < 1.29 is 202 Å². The molecule has 0 unspecified atom stereocenters. The van der Waals surface area contributed by atoms with Gasteiger partial charge in [-0.2, -0.15) is 0 Å². The van der Waals surface area contributed by atoms with Crippen molar-refractivity contribution in [2.45, 2.75) is 97.8 Å². The number of benzene rings is 5. The number of carboxylic acids is 8. The van der Waals surface area contributed by atoms with Gasteiger partial charge in [0.15, 0.2) is 0 Å². The van der Waals surface area contributed by atoms with Crippen molar-refractivity contribution in [1.82, 2.24) is 0 Å². The first-order valence-corrected chi connectivity index (χ1v) is 43.7. The zero-order valence-corrected chi connectivity index (χ0v) is 78.8. The molecular formula is C93H136O42. The topological polar surface area (TPSA) is 554 Å². The van der Waals surface area contributed by atoms with Crippen molar-refractivity contribution >= 4 is 59.7 Å². The van der Waals surface area contributed by atoms with Crippen LogP contribution in [0.4, 0.5) is 0 Å². The molecule has 0 aliphatic carbocycles. The van der Waals surface area contributed by atoms with Crippen LogP contribution in [0.2, 0.25) is 0 Å². The van der Waals surface area contributed by atoms with Crippen molar-refractivity contribution in [3.05, 3.63) is 128 Å². The molecule has 0 atom stereocenters. The Morgan fingerprint density at radius 1 is 0.207 bits per heavy atom. The number of hydrogen-bond donors (Lipinski definition) is 8. The number of unbranched alkanes of at least 4 members (excludes halogenated alkanes) is 9. The third kappa shape index (κ3) is 55.3. The molecule has 5 rings (SSSR count). The van der Waals surface area contributed by atoms with Gasteiger partial charge < -0.3 is 155 Å². The van der Waals surface area contributed by atoms with E-state index in [0.717, 1.165) is 63.0 Å². The Bertz CT molecular complexity index is 3960. The van der Waals surface area contributed by atoms with Gasteiger partial charge in [-0.1, -0.05) is 84.6 Å². The molecule has 42 heteroatoms. The molecule has 8 N–H and O–H groups in total. The van der Waals surface area contributed by atoms with Crippen LogP contribution in [0.3, 0.4) is 0 Å². The lowest BCUT2D eigenvalue weighted by atomic mass is 10.1. The Balaban J connectivity index is 0.000000872. The summed E-state index contributed by atoms with van der Waals surface area (Å²) in [6, 6.07) is 14.9. The van der Waals surface area contributed by atoms with E-state index < -0.39 is 59.7 Å². The normalized spacial score (nSPS) is 10.6. The van der Waals surface area contributed by atoms with Crippen molar-refractivity contribution in [2.24, 2.45) is 0 Å². The Kier molecular flexibility index (Phi) is 71.1. The summed E-state index contributed by atoms with van der Waals surface area (Å²) in [4.78, 5) is 113. The molecule has 0 amide bonds. The lowest BCUT2D eigenvalue weighted by Gasteiger charge is -2.15. The molecule has 0 spiro atoms. The predicted molar refractivity (Wildman–Crippen MR) is 484 cm³/mol. The predicted octanol–water partition coefficient (Wildman–Crippen LogP) is 11.7. The highest BCUT2D eigenvalue weighted by Gasteiger charge is 2.26. The van der Waals surface area contributed by atoms with Gasteiger partial charge in [0.25, 0.3) is 0 Å². The SMILES string of the molecule is CCCCCCCCCCCCOc1cc(OC)c(C(=O)O)cc1C(=O)O.CCCOCCOCCOCCOc1cc(OC)c(C(=O)O)cc1C(=O)O.CCCOCCOCCOCCOc1cc(OC)c(C(=O)OC)cc1C(=O)OC.COCCOCCOCCOCCOc1cc(OCCOCCOCCOCCOC)c(C(=O)O)cc1C(=O)O.O=C(O)c1cccc(C(=O)O)c1. The van der Waals surface area contributed by atoms with Gasteiger partial charge in [0.05, 0.1) is 212 Å². The lowest BCUT2D eigenvalue weighted by Crippen LogP contribution is -2.16. The van der Waals surface area contributed by atoms with E-state index in [-0.39, 0.29) is 154 Å². The summed E-state index contributed by atoms with van der Waals surface area (Å²) in [5.41, 5.74) is -1.33. The quantitative estimate of drug-likeness (QED) is 0.0132. The van der Waals surface area contributed by atoms with Crippen molar-refractivity contribution in [2.75, 3.05) is 255 Å². The van der Waals surface area contributed by atoms with Crippen LogP contribution in [0, 0.1) is 0 Å². The zero-order chi connectivity index (χ0) is 100. The number of ether oxygens (including phenoxy) is 24. The van der Waals surface area contributed by atoms with Crippen LogP contribution >= 0.6 is 0 Å². The molecule has 5 aromatic carbocycles. The van der Waals surface area contributed by atoms with E-state index in [1.165, 1.54) is 129 Å². The number of aromatic carboxylic acids is 8. The summed E-state index contributed by atoms with van der Waals surface area (Å²) in [6.07, 6.45) is 14.0. The van der Waals surface area contributed by atoms with Crippen LogP contribution in [0.1, 0.15) is 201 Å². The first-order valence-electron chi connectivity index (χ1n) is 43.7. The van der Waals surface area contributed by atoms with Gasteiger partial charge in [-0.15, -0.1) is 0 Å². The summed E-state index contributed by atoms with van der Waals surface area (Å²) in [5, 5.41) is 72.8. The molecule has 0 saturated carbocycles. The Morgan fingerprint density at radius 2 is 0.415 bits per heavy atom. The molecule has 0 aromatic heterocycles. The number of hydrogen-bond acceptors (Lipinski definition) is 34. The van der Waals surface area contributed by atoms with E-state index in [4.69, 9.17) is 134 Å². The molecule has 42 nitrogen and oxygen atoms in total. The molecule has 760 valence electrons. The summed E-state index contributed by atoms with van der Waals surface area (Å²) in [5.74, 6) is -10.6. The second-order valence-electron chi connectivity index (χ2n) is 27.8. The van der Waals surface area contributed by atoms with Crippen LogP contribution in [0.25, 0.3) is 0 Å². The molecule has 0 fully saturated rings. The van der Waals surface area contributed by atoms with Gasteiger partial charge in [0.1, 0.15) is 117 Å². The highest BCUT2D eigenvalue weighted by atomic mass is 16.6. The molecule has 135 heavy (non-hydrogen) atoms. The van der Waals surface area contributed by atoms with Crippen LogP contribution in [-0.4, -0.2) is 355 Å². The lowest BCUT2D eigenvalue weighted by molar-refractivity contribution is -0.000167.